The van der Waals surface area contributed by atoms with Gasteiger partial charge in [0.25, 0.3) is 11.8 Å². The number of carbonyl (C=O) groups is 3. The number of hydrogen-bond acceptors (Lipinski definition) is 4. The van der Waals surface area contributed by atoms with Gasteiger partial charge in [0.1, 0.15) is 12.3 Å². The monoisotopic (exact) mass is 387 g/mol. The molecule has 0 unspecified atom stereocenters. The third-order valence-electron chi connectivity index (χ3n) is 4.00. The minimum Gasteiger partial charge on any atom is -0.482 e. The summed E-state index contributed by atoms with van der Waals surface area (Å²) in [5.41, 5.74) is 1.25. The van der Waals surface area contributed by atoms with Crippen molar-refractivity contribution in [3.63, 3.8) is 0 Å². The number of anilines is 2. The molecule has 0 fully saturated rings. The van der Waals surface area contributed by atoms with Gasteiger partial charge in [-0.25, -0.2) is 0 Å². The molecule has 3 amide bonds. The average molecular weight is 388 g/mol. The van der Waals surface area contributed by atoms with E-state index in [1.807, 2.05) is 0 Å². The van der Waals surface area contributed by atoms with Gasteiger partial charge in [0.05, 0.1) is 16.3 Å². The summed E-state index contributed by atoms with van der Waals surface area (Å²) in [5, 5.41) is 2.99. The summed E-state index contributed by atoms with van der Waals surface area (Å²) in [4.78, 5) is 39.6. The number of ether oxygens (including phenoxy) is 1. The maximum Gasteiger partial charge on any atom is 0.265 e. The van der Waals surface area contributed by atoms with Crippen molar-refractivity contribution in [2.24, 2.45) is 0 Å². The molecule has 0 saturated heterocycles. The van der Waals surface area contributed by atoms with Gasteiger partial charge in [0.15, 0.2) is 6.61 Å². The number of nitrogens with zero attached hydrogens (tertiary/aromatic N) is 2. The van der Waals surface area contributed by atoms with Gasteiger partial charge in [-0.05, 0) is 30.3 Å². The molecule has 2 aromatic rings. The molecular weight excluding hydrogens is 370 g/mol. The SMILES string of the molecule is CN(C)C(=O)c1cc(NC(=O)CN2C(=O)COc3ccccc32)ccc1Cl. The second kappa shape index (κ2) is 7.67. The van der Waals surface area contributed by atoms with E-state index in [4.69, 9.17) is 16.3 Å². The Balaban J connectivity index is 1.76. The molecule has 1 aliphatic rings. The molecule has 3 rings (SSSR count). The molecule has 0 atom stereocenters. The van der Waals surface area contributed by atoms with Crippen LogP contribution in [-0.4, -0.2) is 49.9 Å². The third-order valence-corrected chi connectivity index (χ3v) is 4.33. The standard InChI is InChI=1S/C19H18ClN3O4/c1-22(2)19(26)13-9-12(7-8-14(13)20)21-17(24)10-23-15-5-3-4-6-16(15)27-11-18(23)25/h3-9H,10-11H2,1-2H3,(H,21,24). The molecule has 0 aliphatic carbocycles. The molecule has 1 heterocycles. The highest BCUT2D eigenvalue weighted by Crippen LogP contribution is 2.31. The van der Waals surface area contributed by atoms with Crippen LogP contribution in [0.5, 0.6) is 5.75 Å². The first kappa shape index (κ1) is 18.7. The first-order chi connectivity index (χ1) is 12.9. The Morgan fingerprint density at radius 2 is 1.96 bits per heavy atom. The van der Waals surface area contributed by atoms with E-state index < -0.39 is 5.91 Å². The van der Waals surface area contributed by atoms with Crippen molar-refractivity contribution in [3.05, 3.63) is 53.1 Å². The van der Waals surface area contributed by atoms with Crippen molar-refractivity contribution in [1.82, 2.24) is 4.90 Å². The molecule has 2 aromatic carbocycles. The van der Waals surface area contributed by atoms with Gasteiger partial charge >= 0.3 is 0 Å². The Kier molecular flexibility index (Phi) is 5.32. The maximum absolute atomic E-state index is 12.5. The van der Waals surface area contributed by atoms with E-state index in [1.165, 1.54) is 15.9 Å². The fourth-order valence-electron chi connectivity index (χ4n) is 2.68. The van der Waals surface area contributed by atoms with E-state index in [1.54, 1.807) is 50.5 Å². The van der Waals surface area contributed by atoms with Crippen molar-refractivity contribution in [3.8, 4) is 5.75 Å². The Morgan fingerprint density at radius 1 is 1.22 bits per heavy atom. The lowest BCUT2D eigenvalue weighted by molar-refractivity contribution is -0.123. The van der Waals surface area contributed by atoms with Crippen LogP contribution in [0.4, 0.5) is 11.4 Å². The van der Waals surface area contributed by atoms with Crippen LogP contribution in [0.25, 0.3) is 0 Å². The number of amides is 3. The number of hydrogen-bond donors (Lipinski definition) is 1. The maximum atomic E-state index is 12.5. The lowest BCUT2D eigenvalue weighted by atomic mass is 10.1. The number of nitrogens with one attached hydrogen (secondary N) is 1. The lowest BCUT2D eigenvalue weighted by Gasteiger charge is -2.28. The van der Waals surface area contributed by atoms with Crippen molar-refractivity contribution in [1.29, 1.82) is 0 Å². The molecular formula is C19H18ClN3O4. The molecule has 0 bridgehead atoms. The minimum atomic E-state index is -0.398. The van der Waals surface area contributed by atoms with Gasteiger partial charge in [0.2, 0.25) is 5.91 Å². The van der Waals surface area contributed by atoms with Crippen LogP contribution in [0.15, 0.2) is 42.5 Å². The van der Waals surface area contributed by atoms with Gasteiger partial charge in [-0.2, -0.15) is 0 Å². The Bertz CT molecular complexity index is 914. The normalized spacial score (nSPS) is 12.9. The van der Waals surface area contributed by atoms with Gasteiger partial charge in [0, 0.05) is 19.8 Å². The topological polar surface area (TPSA) is 79.0 Å². The van der Waals surface area contributed by atoms with Gasteiger partial charge in [-0.1, -0.05) is 23.7 Å². The van der Waals surface area contributed by atoms with Crippen LogP contribution in [0, 0.1) is 0 Å². The Hall–Kier alpha value is -3.06. The summed E-state index contributed by atoms with van der Waals surface area (Å²) in [6, 6.07) is 11.7. The van der Waals surface area contributed by atoms with E-state index in [9.17, 15) is 14.4 Å². The van der Waals surface area contributed by atoms with E-state index >= 15 is 0 Å². The highest BCUT2D eigenvalue weighted by atomic mass is 35.5. The molecule has 7 nitrogen and oxygen atoms in total. The van der Waals surface area contributed by atoms with Crippen LogP contribution < -0.4 is 15.0 Å². The molecule has 0 saturated carbocycles. The van der Waals surface area contributed by atoms with E-state index in [2.05, 4.69) is 5.32 Å². The minimum absolute atomic E-state index is 0.118. The van der Waals surface area contributed by atoms with Crippen LogP contribution >= 0.6 is 11.6 Å². The number of para-hydroxylation sites is 2. The van der Waals surface area contributed by atoms with Crippen molar-refractivity contribution >= 4 is 40.7 Å². The van der Waals surface area contributed by atoms with Gasteiger partial charge < -0.3 is 15.0 Å². The number of carbonyl (C=O) groups excluding carboxylic acids is 3. The molecule has 0 aromatic heterocycles. The van der Waals surface area contributed by atoms with Crippen molar-refractivity contribution in [2.75, 3.05) is 37.5 Å². The third kappa shape index (κ3) is 4.03. The van der Waals surface area contributed by atoms with E-state index in [0.717, 1.165) is 0 Å². The number of rotatable bonds is 4. The molecule has 1 aliphatic heterocycles. The summed E-state index contributed by atoms with van der Waals surface area (Å²) in [6.07, 6.45) is 0. The predicted octanol–water partition coefficient (Wildman–Crippen LogP) is 2.41. The Morgan fingerprint density at radius 3 is 2.70 bits per heavy atom. The summed E-state index contributed by atoms with van der Waals surface area (Å²) < 4.78 is 5.36. The van der Waals surface area contributed by atoms with E-state index in [0.29, 0.717) is 22.1 Å². The zero-order valence-corrected chi connectivity index (χ0v) is 15.6. The number of fused-ring (bicyclic) bond motifs is 1. The average Bonchev–Trinajstić information content (AvgIpc) is 2.65. The highest BCUT2D eigenvalue weighted by Gasteiger charge is 2.27. The van der Waals surface area contributed by atoms with Gasteiger partial charge in [-0.3, -0.25) is 19.3 Å². The van der Waals surface area contributed by atoms with Crippen LogP contribution in [0.2, 0.25) is 5.02 Å². The fraction of sp³-hybridized carbons (Fsp3) is 0.211. The summed E-state index contributed by atoms with van der Waals surface area (Å²) in [5.74, 6) is -0.419. The predicted molar refractivity (Wildman–Crippen MR) is 102 cm³/mol. The molecule has 8 heteroatoms. The van der Waals surface area contributed by atoms with E-state index in [-0.39, 0.29) is 30.5 Å². The summed E-state index contributed by atoms with van der Waals surface area (Å²) >= 11 is 6.08. The second-order valence-electron chi connectivity index (χ2n) is 6.18. The second-order valence-corrected chi connectivity index (χ2v) is 6.59. The molecule has 140 valence electrons. The summed E-state index contributed by atoms with van der Waals surface area (Å²) in [7, 11) is 3.23. The van der Waals surface area contributed by atoms with Crippen molar-refractivity contribution in [2.45, 2.75) is 0 Å². The van der Waals surface area contributed by atoms with Crippen molar-refractivity contribution < 1.29 is 19.1 Å². The lowest BCUT2D eigenvalue weighted by Crippen LogP contribution is -2.43. The molecule has 0 spiro atoms. The fourth-order valence-corrected chi connectivity index (χ4v) is 2.88. The van der Waals surface area contributed by atoms with Gasteiger partial charge in [-0.15, -0.1) is 0 Å². The summed E-state index contributed by atoms with van der Waals surface area (Å²) in [6.45, 7) is -0.286. The van der Waals surface area contributed by atoms with Crippen LogP contribution in [0.1, 0.15) is 10.4 Å². The van der Waals surface area contributed by atoms with Crippen LogP contribution in [0.3, 0.4) is 0 Å². The number of benzene rings is 2. The smallest absolute Gasteiger partial charge is 0.265 e. The largest absolute Gasteiger partial charge is 0.482 e. The zero-order chi connectivity index (χ0) is 19.6. The quantitative estimate of drug-likeness (QED) is 0.873. The Labute approximate surface area is 161 Å². The molecule has 1 N–H and O–H groups in total. The first-order valence-corrected chi connectivity index (χ1v) is 8.58. The molecule has 27 heavy (non-hydrogen) atoms. The number of halogens is 1. The van der Waals surface area contributed by atoms with Crippen LogP contribution in [-0.2, 0) is 9.59 Å². The highest BCUT2D eigenvalue weighted by molar-refractivity contribution is 6.34. The molecule has 0 radical (unpaired) electrons. The first-order valence-electron chi connectivity index (χ1n) is 8.20. The zero-order valence-electron chi connectivity index (χ0n) is 14.9.